The molecule has 2 atom stereocenters. The van der Waals surface area contributed by atoms with E-state index in [1.165, 1.54) is 12.8 Å². The van der Waals surface area contributed by atoms with Crippen molar-refractivity contribution in [2.45, 2.75) is 31.4 Å². The molecule has 2 aliphatic rings. The minimum Gasteiger partial charge on any atom is -0.491 e. The van der Waals surface area contributed by atoms with E-state index >= 15 is 0 Å². The van der Waals surface area contributed by atoms with E-state index in [-0.39, 0.29) is 6.61 Å². The summed E-state index contributed by atoms with van der Waals surface area (Å²) in [5.41, 5.74) is 0.608. The average molecular weight is 316 g/mol. The highest BCUT2D eigenvalue weighted by molar-refractivity contribution is 5.34. The number of rotatable bonds is 8. The molecule has 2 unspecified atom stereocenters. The van der Waals surface area contributed by atoms with Crippen molar-refractivity contribution >= 4 is 0 Å². The van der Waals surface area contributed by atoms with Crippen LogP contribution in [-0.2, 0) is 4.74 Å². The van der Waals surface area contributed by atoms with Crippen molar-refractivity contribution < 1.29 is 14.6 Å². The van der Waals surface area contributed by atoms with Gasteiger partial charge in [-0.05, 0) is 49.4 Å². The van der Waals surface area contributed by atoms with Gasteiger partial charge in [0, 0.05) is 25.7 Å². The van der Waals surface area contributed by atoms with Gasteiger partial charge in [-0.3, -0.25) is 4.90 Å². The molecule has 23 heavy (non-hydrogen) atoms. The van der Waals surface area contributed by atoms with Crippen molar-refractivity contribution in [3.63, 3.8) is 0 Å². The summed E-state index contributed by atoms with van der Waals surface area (Å²) < 4.78 is 11.1. The predicted molar refractivity (Wildman–Crippen MR) is 86.2 cm³/mol. The van der Waals surface area contributed by atoms with E-state index in [0.29, 0.717) is 29.8 Å². The van der Waals surface area contributed by atoms with Gasteiger partial charge in [-0.25, -0.2) is 0 Å². The van der Waals surface area contributed by atoms with Crippen LogP contribution in [0.4, 0.5) is 0 Å². The second-order valence-electron chi connectivity index (χ2n) is 6.52. The van der Waals surface area contributed by atoms with E-state index in [0.717, 1.165) is 26.2 Å². The zero-order valence-corrected chi connectivity index (χ0v) is 13.4. The summed E-state index contributed by atoms with van der Waals surface area (Å²) in [5, 5.41) is 19.1. The van der Waals surface area contributed by atoms with E-state index in [2.05, 4.69) is 11.0 Å². The van der Waals surface area contributed by atoms with Crippen LogP contribution in [0.2, 0.25) is 0 Å². The van der Waals surface area contributed by atoms with E-state index in [1.807, 2.05) is 0 Å². The van der Waals surface area contributed by atoms with Gasteiger partial charge >= 0.3 is 0 Å². The van der Waals surface area contributed by atoms with Crippen LogP contribution >= 0.6 is 0 Å². The third-order valence-corrected chi connectivity index (χ3v) is 4.45. The fourth-order valence-electron chi connectivity index (χ4n) is 3.01. The first-order chi connectivity index (χ1) is 11.2. The van der Waals surface area contributed by atoms with Crippen molar-refractivity contribution in [1.29, 1.82) is 5.26 Å². The largest absolute Gasteiger partial charge is 0.491 e. The summed E-state index contributed by atoms with van der Waals surface area (Å²) in [5.74, 6) is 1.28. The van der Waals surface area contributed by atoms with Crippen LogP contribution in [0.5, 0.6) is 5.75 Å². The molecule has 1 saturated carbocycles. The summed E-state index contributed by atoms with van der Waals surface area (Å²) >= 11 is 0. The van der Waals surface area contributed by atoms with Gasteiger partial charge in [-0.15, -0.1) is 0 Å². The summed E-state index contributed by atoms with van der Waals surface area (Å²) in [6.07, 6.45) is 3.09. The quantitative estimate of drug-likeness (QED) is 0.792. The van der Waals surface area contributed by atoms with Crippen LogP contribution in [0, 0.1) is 17.2 Å². The van der Waals surface area contributed by atoms with Crippen molar-refractivity contribution in [1.82, 2.24) is 4.90 Å². The maximum Gasteiger partial charge on any atom is 0.119 e. The summed E-state index contributed by atoms with van der Waals surface area (Å²) in [4.78, 5) is 2.39. The fourth-order valence-corrected chi connectivity index (χ4v) is 3.01. The molecule has 124 valence electrons. The Morgan fingerprint density at radius 3 is 2.70 bits per heavy atom. The highest BCUT2D eigenvalue weighted by atomic mass is 16.5. The molecule has 0 amide bonds. The third-order valence-electron chi connectivity index (χ3n) is 4.45. The molecular weight excluding hydrogens is 292 g/mol. The molecule has 0 bridgehead atoms. The number of hydrogen-bond acceptors (Lipinski definition) is 5. The lowest BCUT2D eigenvalue weighted by molar-refractivity contribution is 0.0581. The van der Waals surface area contributed by atoms with Crippen LogP contribution in [0.25, 0.3) is 0 Å². The van der Waals surface area contributed by atoms with Crippen LogP contribution in [-0.4, -0.2) is 55.1 Å². The Bertz CT molecular complexity index is 530. The highest BCUT2D eigenvalue weighted by Crippen LogP contribution is 2.29. The Hall–Kier alpha value is -1.61. The number of nitriles is 1. The Balaban J connectivity index is 1.44. The number of aliphatic hydroxyl groups is 1. The van der Waals surface area contributed by atoms with Gasteiger partial charge in [-0.1, -0.05) is 0 Å². The first-order valence-electron chi connectivity index (χ1n) is 8.37. The fraction of sp³-hybridized carbons (Fsp3) is 0.611. The van der Waals surface area contributed by atoms with Crippen LogP contribution in [0.1, 0.15) is 24.8 Å². The molecule has 1 heterocycles. The minimum atomic E-state index is -0.506. The third kappa shape index (κ3) is 4.93. The van der Waals surface area contributed by atoms with Gasteiger partial charge in [0.1, 0.15) is 18.5 Å². The molecule has 1 saturated heterocycles. The minimum absolute atomic E-state index is 0.274. The van der Waals surface area contributed by atoms with Crippen LogP contribution in [0.15, 0.2) is 24.3 Å². The first-order valence-corrected chi connectivity index (χ1v) is 8.37. The Morgan fingerprint density at radius 2 is 2.09 bits per heavy atom. The molecule has 1 aliphatic heterocycles. The lowest BCUT2D eigenvalue weighted by Crippen LogP contribution is -2.40. The number of benzene rings is 1. The molecule has 0 spiro atoms. The van der Waals surface area contributed by atoms with Gasteiger partial charge in [0.25, 0.3) is 0 Å². The van der Waals surface area contributed by atoms with Gasteiger partial charge in [-0.2, -0.15) is 5.26 Å². The zero-order valence-electron chi connectivity index (χ0n) is 13.4. The summed E-state index contributed by atoms with van der Waals surface area (Å²) in [7, 11) is 0. The van der Waals surface area contributed by atoms with E-state index in [4.69, 9.17) is 14.7 Å². The molecule has 0 aromatic heterocycles. The van der Waals surface area contributed by atoms with Gasteiger partial charge in [0.15, 0.2) is 0 Å². The molecule has 1 aliphatic carbocycles. The molecule has 2 fully saturated rings. The van der Waals surface area contributed by atoms with E-state index in [9.17, 15) is 5.11 Å². The molecule has 5 heteroatoms. The van der Waals surface area contributed by atoms with Gasteiger partial charge in [0.2, 0.25) is 0 Å². The highest BCUT2D eigenvalue weighted by Gasteiger charge is 2.32. The molecule has 3 rings (SSSR count). The van der Waals surface area contributed by atoms with Crippen LogP contribution in [0.3, 0.4) is 0 Å². The number of nitrogens with zero attached hydrogens (tertiary/aromatic N) is 2. The van der Waals surface area contributed by atoms with Crippen molar-refractivity contribution in [3.05, 3.63) is 29.8 Å². The molecular formula is C18H24N2O3. The maximum atomic E-state index is 10.3. The van der Waals surface area contributed by atoms with Crippen molar-refractivity contribution in [3.8, 4) is 11.8 Å². The maximum absolute atomic E-state index is 10.3. The van der Waals surface area contributed by atoms with Crippen molar-refractivity contribution in [2.75, 3.05) is 32.9 Å². The molecule has 1 aromatic rings. The molecule has 1 N–H and O–H groups in total. The monoisotopic (exact) mass is 316 g/mol. The smallest absolute Gasteiger partial charge is 0.119 e. The lowest BCUT2D eigenvalue weighted by Gasteiger charge is -2.27. The van der Waals surface area contributed by atoms with Gasteiger partial charge in [0.05, 0.1) is 18.2 Å². The molecule has 5 nitrogen and oxygen atoms in total. The van der Waals surface area contributed by atoms with Crippen molar-refractivity contribution in [2.24, 2.45) is 5.92 Å². The lowest BCUT2D eigenvalue weighted by atomic mass is 10.1. The topological polar surface area (TPSA) is 65.7 Å². The summed E-state index contributed by atoms with van der Waals surface area (Å²) in [6.45, 7) is 3.65. The Labute approximate surface area is 137 Å². The average Bonchev–Trinajstić information content (AvgIpc) is 3.30. The van der Waals surface area contributed by atoms with E-state index < -0.39 is 6.10 Å². The Kier molecular flexibility index (Phi) is 5.50. The summed E-state index contributed by atoms with van der Waals surface area (Å²) in [6, 6.07) is 9.67. The predicted octanol–water partition coefficient (Wildman–Crippen LogP) is 1.80. The first kappa shape index (κ1) is 16.3. The zero-order chi connectivity index (χ0) is 16.1. The second-order valence-corrected chi connectivity index (χ2v) is 6.52. The second kappa shape index (κ2) is 7.78. The molecule has 0 radical (unpaired) electrons. The number of aliphatic hydroxyl groups excluding tert-OH is 1. The van der Waals surface area contributed by atoms with Gasteiger partial charge < -0.3 is 14.6 Å². The number of hydrogen-bond donors (Lipinski definition) is 1. The van der Waals surface area contributed by atoms with Crippen LogP contribution < -0.4 is 4.74 Å². The standard InChI is InChI=1S/C18H24N2O3/c19-9-14-1-5-18(6-2-14)23-13-17(21)11-20(16-3-4-16)10-15-7-8-22-12-15/h1-2,5-6,15-17,21H,3-4,7-8,10-13H2. The number of ether oxygens (including phenoxy) is 2. The normalized spacial score (nSPS) is 22.0. The molecule has 1 aromatic carbocycles. The van der Waals surface area contributed by atoms with E-state index in [1.54, 1.807) is 24.3 Å². The Morgan fingerprint density at radius 1 is 1.30 bits per heavy atom. The SMILES string of the molecule is N#Cc1ccc(OCC(O)CN(CC2CCOC2)C2CC2)cc1.